The van der Waals surface area contributed by atoms with Crippen LogP contribution in [0.1, 0.15) is 51.9 Å². The predicted molar refractivity (Wildman–Crippen MR) is 89.8 cm³/mol. The largest absolute Gasteiger partial charge is 0.342 e. The van der Waals surface area contributed by atoms with Crippen LogP contribution in [0.5, 0.6) is 0 Å². The minimum atomic E-state index is 0.286. The van der Waals surface area contributed by atoms with E-state index >= 15 is 0 Å². The minimum Gasteiger partial charge on any atom is -0.342 e. The van der Waals surface area contributed by atoms with E-state index in [9.17, 15) is 4.79 Å². The number of carbonyl (C=O) groups excluding carboxylic acids is 1. The van der Waals surface area contributed by atoms with Crippen LogP contribution in [0, 0.1) is 11.8 Å². The maximum atomic E-state index is 12.7. The molecule has 1 N–H and O–H groups in total. The van der Waals surface area contributed by atoms with E-state index < -0.39 is 0 Å². The summed E-state index contributed by atoms with van der Waals surface area (Å²) in [5.74, 6) is 1.42. The standard InChI is InChI=1S/C18H33N3O/c1-15-5-2-3-11-20(15)13-16-6-4-12-21(14-16)18(22)17-7-9-19-10-8-17/h15-17,19H,2-14H2,1H3/t15-,16-/m0/s1. The third-order valence-electron chi connectivity index (χ3n) is 5.95. The summed E-state index contributed by atoms with van der Waals surface area (Å²) in [4.78, 5) is 17.6. The van der Waals surface area contributed by atoms with Crippen LogP contribution >= 0.6 is 0 Å². The summed E-state index contributed by atoms with van der Waals surface area (Å²) < 4.78 is 0. The zero-order valence-corrected chi connectivity index (χ0v) is 14.2. The van der Waals surface area contributed by atoms with Gasteiger partial charge in [-0.3, -0.25) is 4.79 Å². The van der Waals surface area contributed by atoms with Crippen molar-refractivity contribution < 1.29 is 4.79 Å². The Hall–Kier alpha value is -0.610. The van der Waals surface area contributed by atoms with E-state index in [1.54, 1.807) is 0 Å². The minimum absolute atomic E-state index is 0.286. The van der Waals surface area contributed by atoms with Gasteiger partial charge in [0.2, 0.25) is 5.91 Å². The highest BCUT2D eigenvalue weighted by molar-refractivity contribution is 5.79. The van der Waals surface area contributed by atoms with E-state index in [-0.39, 0.29) is 5.92 Å². The number of nitrogens with one attached hydrogen (secondary N) is 1. The molecule has 3 aliphatic rings. The van der Waals surface area contributed by atoms with Crippen molar-refractivity contribution in [2.75, 3.05) is 39.3 Å². The maximum Gasteiger partial charge on any atom is 0.225 e. The Morgan fingerprint density at radius 2 is 1.86 bits per heavy atom. The second-order valence-corrected chi connectivity index (χ2v) is 7.66. The Morgan fingerprint density at radius 1 is 1.05 bits per heavy atom. The fourth-order valence-corrected chi connectivity index (χ4v) is 4.50. The van der Waals surface area contributed by atoms with Gasteiger partial charge >= 0.3 is 0 Å². The van der Waals surface area contributed by atoms with Gasteiger partial charge < -0.3 is 15.1 Å². The van der Waals surface area contributed by atoms with Gasteiger partial charge in [-0.1, -0.05) is 6.42 Å². The Balaban J connectivity index is 1.51. The van der Waals surface area contributed by atoms with E-state index in [0.29, 0.717) is 11.8 Å². The average Bonchev–Trinajstić information content (AvgIpc) is 2.57. The number of nitrogens with zero attached hydrogens (tertiary/aromatic N) is 2. The summed E-state index contributed by atoms with van der Waals surface area (Å²) in [6.45, 7) is 8.87. The first-order chi connectivity index (χ1) is 10.7. The number of rotatable bonds is 3. The molecular weight excluding hydrogens is 274 g/mol. The molecule has 0 aromatic heterocycles. The SMILES string of the molecule is C[C@H]1CCCCN1C[C@@H]1CCCN(C(=O)C2CCNCC2)C1. The number of carbonyl (C=O) groups is 1. The molecule has 0 aliphatic carbocycles. The monoisotopic (exact) mass is 307 g/mol. The van der Waals surface area contributed by atoms with Gasteiger partial charge in [0.25, 0.3) is 0 Å². The van der Waals surface area contributed by atoms with Crippen molar-refractivity contribution in [2.45, 2.75) is 57.9 Å². The fourth-order valence-electron chi connectivity index (χ4n) is 4.50. The highest BCUT2D eigenvalue weighted by Gasteiger charge is 2.31. The molecule has 0 aromatic carbocycles. The summed E-state index contributed by atoms with van der Waals surface area (Å²) in [5.41, 5.74) is 0. The summed E-state index contributed by atoms with van der Waals surface area (Å²) in [5, 5.41) is 3.36. The lowest BCUT2D eigenvalue weighted by atomic mass is 9.91. The van der Waals surface area contributed by atoms with Crippen LogP contribution in [0.3, 0.4) is 0 Å². The summed E-state index contributed by atoms with van der Waals surface area (Å²) in [7, 11) is 0. The topological polar surface area (TPSA) is 35.6 Å². The van der Waals surface area contributed by atoms with Crippen molar-refractivity contribution in [3.05, 3.63) is 0 Å². The Morgan fingerprint density at radius 3 is 2.64 bits per heavy atom. The molecule has 126 valence electrons. The molecule has 3 saturated heterocycles. The van der Waals surface area contributed by atoms with Crippen LogP contribution in [0.15, 0.2) is 0 Å². The van der Waals surface area contributed by atoms with Crippen LogP contribution in [0.2, 0.25) is 0 Å². The number of piperidine rings is 3. The first kappa shape index (κ1) is 16.3. The summed E-state index contributed by atoms with van der Waals surface area (Å²) in [6, 6.07) is 0.740. The van der Waals surface area contributed by atoms with Crippen LogP contribution in [0.4, 0.5) is 0 Å². The van der Waals surface area contributed by atoms with Crippen molar-refractivity contribution in [1.82, 2.24) is 15.1 Å². The number of hydrogen-bond acceptors (Lipinski definition) is 3. The maximum absolute atomic E-state index is 12.7. The fraction of sp³-hybridized carbons (Fsp3) is 0.944. The third-order valence-corrected chi connectivity index (χ3v) is 5.95. The second kappa shape index (κ2) is 7.78. The average molecular weight is 307 g/mol. The molecule has 3 heterocycles. The van der Waals surface area contributed by atoms with Crippen molar-refractivity contribution in [3.63, 3.8) is 0 Å². The second-order valence-electron chi connectivity index (χ2n) is 7.66. The van der Waals surface area contributed by atoms with Crippen LogP contribution in [-0.2, 0) is 4.79 Å². The molecule has 0 radical (unpaired) electrons. The molecule has 3 fully saturated rings. The number of amides is 1. The summed E-state index contributed by atoms with van der Waals surface area (Å²) >= 11 is 0. The predicted octanol–water partition coefficient (Wildman–Crippen LogP) is 2.10. The van der Waals surface area contributed by atoms with Gasteiger partial charge in [0.05, 0.1) is 0 Å². The first-order valence-corrected chi connectivity index (χ1v) is 9.47. The molecule has 0 bridgehead atoms. The lowest BCUT2D eigenvalue weighted by Gasteiger charge is -2.40. The molecule has 4 nitrogen and oxygen atoms in total. The van der Waals surface area contributed by atoms with Crippen LogP contribution in [-0.4, -0.2) is 61.0 Å². The van der Waals surface area contributed by atoms with E-state index in [0.717, 1.165) is 45.1 Å². The van der Waals surface area contributed by atoms with Crippen molar-refractivity contribution in [3.8, 4) is 0 Å². The molecule has 2 atom stereocenters. The third kappa shape index (κ3) is 4.02. The summed E-state index contributed by atoms with van der Waals surface area (Å²) in [6.07, 6.45) is 8.66. The van der Waals surface area contributed by atoms with Gasteiger partial charge in [-0.15, -0.1) is 0 Å². The highest BCUT2D eigenvalue weighted by atomic mass is 16.2. The zero-order chi connectivity index (χ0) is 15.4. The number of hydrogen-bond donors (Lipinski definition) is 1. The van der Waals surface area contributed by atoms with E-state index in [1.165, 1.54) is 45.2 Å². The van der Waals surface area contributed by atoms with Crippen molar-refractivity contribution in [2.24, 2.45) is 11.8 Å². The van der Waals surface area contributed by atoms with E-state index in [2.05, 4.69) is 22.0 Å². The smallest absolute Gasteiger partial charge is 0.225 e. The van der Waals surface area contributed by atoms with Gasteiger partial charge in [0, 0.05) is 31.6 Å². The quantitative estimate of drug-likeness (QED) is 0.867. The molecule has 22 heavy (non-hydrogen) atoms. The molecule has 0 aromatic rings. The van der Waals surface area contributed by atoms with Gasteiger partial charge in [0.15, 0.2) is 0 Å². The normalized spacial score (nSPS) is 32.1. The Bertz CT molecular complexity index is 367. The Kier molecular flexibility index (Phi) is 5.75. The molecule has 4 heteroatoms. The lowest BCUT2D eigenvalue weighted by molar-refractivity contribution is -0.138. The molecule has 1 amide bonds. The van der Waals surface area contributed by atoms with Gasteiger partial charge in [-0.25, -0.2) is 0 Å². The van der Waals surface area contributed by atoms with Gasteiger partial charge in [0.1, 0.15) is 0 Å². The molecule has 0 unspecified atom stereocenters. The zero-order valence-electron chi connectivity index (χ0n) is 14.2. The molecule has 3 aliphatic heterocycles. The van der Waals surface area contributed by atoms with Crippen molar-refractivity contribution in [1.29, 1.82) is 0 Å². The van der Waals surface area contributed by atoms with Crippen molar-refractivity contribution >= 4 is 5.91 Å². The van der Waals surface area contributed by atoms with Gasteiger partial charge in [-0.05, 0) is 71.0 Å². The molecule has 0 saturated carbocycles. The highest BCUT2D eigenvalue weighted by Crippen LogP contribution is 2.25. The van der Waals surface area contributed by atoms with Crippen LogP contribution < -0.4 is 5.32 Å². The number of likely N-dealkylation sites (tertiary alicyclic amines) is 2. The Labute approximate surface area is 135 Å². The van der Waals surface area contributed by atoms with Crippen LogP contribution in [0.25, 0.3) is 0 Å². The van der Waals surface area contributed by atoms with E-state index in [1.807, 2.05) is 0 Å². The molecular formula is C18H33N3O. The molecule has 0 spiro atoms. The first-order valence-electron chi connectivity index (χ1n) is 9.47. The lowest BCUT2D eigenvalue weighted by Crippen LogP contribution is -2.49. The molecule has 3 rings (SSSR count). The van der Waals surface area contributed by atoms with Gasteiger partial charge in [-0.2, -0.15) is 0 Å². The van der Waals surface area contributed by atoms with E-state index in [4.69, 9.17) is 0 Å².